The van der Waals surface area contributed by atoms with Gasteiger partial charge in [-0.05, 0) is 24.3 Å². The second-order valence-electron chi connectivity index (χ2n) is 7.53. The topological polar surface area (TPSA) is 72.4 Å². The van der Waals surface area contributed by atoms with E-state index in [0.717, 1.165) is 29.5 Å². The zero-order valence-corrected chi connectivity index (χ0v) is 14.2. The second-order valence-corrected chi connectivity index (χ2v) is 7.53. The Bertz CT molecular complexity index is 1070. The van der Waals surface area contributed by atoms with Crippen molar-refractivity contribution in [3.63, 3.8) is 0 Å². The average molecular weight is 333 g/mol. The molecule has 5 rings (SSSR count). The molecule has 0 unspecified atom stereocenters. The first kappa shape index (κ1) is 14.4. The van der Waals surface area contributed by atoms with E-state index < -0.39 is 0 Å². The summed E-state index contributed by atoms with van der Waals surface area (Å²) in [5.41, 5.74) is 3.46. The van der Waals surface area contributed by atoms with Gasteiger partial charge in [0.25, 0.3) is 0 Å². The molecule has 4 aromatic rings. The van der Waals surface area contributed by atoms with Crippen molar-refractivity contribution in [1.29, 1.82) is 0 Å². The number of nitrogens with one attached hydrogen (secondary N) is 1. The number of fused-ring (bicyclic) bond motifs is 2. The first-order chi connectivity index (χ1) is 12.1. The SMILES string of the molecule is CC1(C)CC(Nc2ncc3c(-c4cnc5nccn5c4)ccn3n2)C1. The molecule has 1 fully saturated rings. The van der Waals surface area contributed by atoms with Crippen molar-refractivity contribution >= 4 is 17.2 Å². The Kier molecular flexibility index (Phi) is 2.89. The molecule has 7 nitrogen and oxygen atoms in total. The molecule has 25 heavy (non-hydrogen) atoms. The van der Waals surface area contributed by atoms with Crippen molar-refractivity contribution in [2.45, 2.75) is 32.7 Å². The van der Waals surface area contributed by atoms with Gasteiger partial charge in [0, 0.05) is 48.2 Å². The number of aromatic nitrogens is 6. The van der Waals surface area contributed by atoms with E-state index in [4.69, 9.17) is 0 Å². The van der Waals surface area contributed by atoms with Gasteiger partial charge < -0.3 is 5.32 Å². The number of hydrogen-bond donors (Lipinski definition) is 1. The fourth-order valence-corrected chi connectivity index (χ4v) is 3.72. The van der Waals surface area contributed by atoms with E-state index in [1.54, 1.807) is 6.20 Å². The van der Waals surface area contributed by atoms with Gasteiger partial charge in [-0.25, -0.2) is 19.5 Å². The maximum atomic E-state index is 4.60. The lowest BCUT2D eigenvalue weighted by atomic mass is 9.68. The van der Waals surface area contributed by atoms with Crippen LogP contribution in [0.5, 0.6) is 0 Å². The minimum atomic E-state index is 0.432. The molecular weight excluding hydrogens is 314 g/mol. The molecule has 0 atom stereocenters. The first-order valence-corrected chi connectivity index (χ1v) is 8.47. The van der Waals surface area contributed by atoms with Crippen molar-refractivity contribution in [3.05, 3.63) is 43.2 Å². The minimum Gasteiger partial charge on any atom is -0.350 e. The first-order valence-electron chi connectivity index (χ1n) is 8.47. The van der Waals surface area contributed by atoms with Gasteiger partial charge in [0.15, 0.2) is 0 Å². The Morgan fingerprint density at radius 2 is 2.00 bits per heavy atom. The summed E-state index contributed by atoms with van der Waals surface area (Å²) >= 11 is 0. The van der Waals surface area contributed by atoms with Gasteiger partial charge in [-0.2, -0.15) is 0 Å². The Hall–Kier alpha value is -2.96. The highest BCUT2D eigenvalue weighted by Gasteiger charge is 2.36. The molecule has 0 bridgehead atoms. The molecule has 1 saturated carbocycles. The Morgan fingerprint density at radius 3 is 2.84 bits per heavy atom. The quantitative estimate of drug-likeness (QED) is 0.624. The fraction of sp³-hybridized carbons (Fsp3) is 0.333. The van der Waals surface area contributed by atoms with Gasteiger partial charge in [0.1, 0.15) is 0 Å². The molecule has 4 aromatic heterocycles. The second kappa shape index (κ2) is 5.02. The summed E-state index contributed by atoms with van der Waals surface area (Å²) < 4.78 is 3.78. The number of rotatable bonds is 3. The lowest BCUT2D eigenvalue weighted by molar-refractivity contribution is 0.167. The molecule has 126 valence electrons. The van der Waals surface area contributed by atoms with Crippen LogP contribution in [-0.2, 0) is 0 Å². The summed E-state index contributed by atoms with van der Waals surface area (Å²) in [6, 6.07) is 2.51. The maximum Gasteiger partial charge on any atom is 0.241 e. The third kappa shape index (κ3) is 2.43. The van der Waals surface area contributed by atoms with Crippen LogP contribution in [-0.4, -0.2) is 35.0 Å². The van der Waals surface area contributed by atoms with Crippen molar-refractivity contribution in [2.75, 3.05) is 5.32 Å². The summed E-state index contributed by atoms with van der Waals surface area (Å²) in [7, 11) is 0. The predicted octanol–water partition coefficient (Wildman–Crippen LogP) is 3.04. The molecule has 7 heteroatoms. The van der Waals surface area contributed by atoms with E-state index in [0.29, 0.717) is 23.2 Å². The molecule has 0 radical (unpaired) electrons. The van der Waals surface area contributed by atoms with Crippen molar-refractivity contribution in [3.8, 4) is 11.1 Å². The normalized spacial score (nSPS) is 17.0. The molecule has 1 aliphatic rings. The van der Waals surface area contributed by atoms with Gasteiger partial charge in [0.2, 0.25) is 11.7 Å². The molecule has 0 saturated heterocycles. The van der Waals surface area contributed by atoms with Gasteiger partial charge in [-0.1, -0.05) is 13.8 Å². The molecule has 0 amide bonds. The summed E-state index contributed by atoms with van der Waals surface area (Å²) in [5, 5.41) is 8.03. The number of imidazole rings is 1. The zero-order chi connectivity index (χ0) is 17.0. The van der Waals surface area contributed by atoms with E-state index in [2.05, 4.69) is 39.2 Å². The minimum absolute atomic E-state index is 0.432. The largest absolute Gasteiger partial charge is 0.350 e. The van der Waals surface area contributed by atoms with E-state index in [1.165, 1.54) is 0 Å². The highest BCUT2D eigenvalue weighted by molar-refractivity contribution is 5.79. The van der Waals surface area contributed by atoms with Crippen LogP contribution in [0.15, 0.2) is 43.2 Å². The van der Waals surface area contributed by atoms with Gasteiger partial charge in [0.05, 0.1) is 11.7 Å². The highest BCUT2D eigenvalue weighted by atomic mass is 15.3. The Morgan fingerprint density at radius 1 is 1.12 bits per heavy atom. The van der Waals surface area contributed by atoms with Crippen molar-refractivity contribution in [1.82, 2.24) is 29.0 Å². The Balaban J connectivity index is 1.46. The monoisotopic (exact) mass is 333 g/mol. The molecule has 1 aliphatic carbocycles. The van der Waals surface area contributed by atoms with Gasteiger partial charge in [-0.15, -0.1) is 5.10 Å². The van der Waals surface area contributed by atoms with Crippen LogP contribution in [0.25, 0.3) is 22.4 Å². The van der Waals surface area contributed by atoms with Crippen LogP contribution in [0.1, 0.15) is 26.7 Å². The third-order valence-electron chi connectivity index (χ3n) is 4.90. The summed E-state index contributed by atoms with van der Waals surface area (Å²) in [4.78, 5) is 13.1. The van der Waals surface area contributed by atoms with Gasteiger partial charge >= 0.3 is 0 Å². The molecule has 0 aliphatic heterocycles. The highest BCUT2D eigenvalue weighted by Crippen LogP contribution is 2.41. The van der Waals surface area contributed by atoms with Crippen LogP contribution in [0.3, 0.4) is 0 Å². The summed E-state index contributed by atoms with van der Waals surface area (Å²) in [5.74, 6) is 1.37. The van der Waals surface area contributed by atoms with E-state index in [1.807, 2.05) is 46.0 Å². The van der Waals surface area contributed by atoms with Crippen molar-refractivity contribution < 1.29 is 0 Å². The zero-order valence-electron chi connectivity index (χ0n) is 14.2. The smallest absolute Gasteiger partial charge is 0.241 e. The summed E-state index contributed by atoms with van der Waals surface area (Å²) in [6.07, 6.45) is 13.6. The standard InChI is InChI=1S/C18H19N7/c1-18(2)7-13(8-18)22-16-20-10-15-14(3-5-25(15)23-16)12-9-21-17-19-4-6-24(17)11-12/h3-6,9-11,13H,7-8H2,1-2H3,(H,22,23). The lowest BCUT2D eigenvalue weighted by Gasteiger charge is -2.42. The van der Waals surface area contributed by atoms with E-state index in [9.17, 15) is 0 Å². The Labute approximate surface area is 144 Å². The van der Waals surface area contributed by atoms with E-state index in [-0.39, 0.29) is 0 Å². The van der Waals surface area contributed by atoms with Crippen LogP contribution in [0.2, 0.25) is 0 Å². The molecule has 0 spiro atoms. The van der Waals surface area contributed by atoms with Crippen LogP contribution in [0, 0.1) is 5.41 Å². The molecular formula is C18H19N7. The molecule has 1 N–H and O–H groups in total. The van der Waals surface area contributed by atoms with Crippen LogP contribution < -0.4 is 5.32 Å². The third-order valence-corrected chi connectivity index (χ3v) is 4.90. The van der Waals surface area contributed by atoms with Crippen LogP contribution >= 0.6 is 0 Å². The molecule has 0 aromatic carbocycles. The van der Waals surface area contributed by atoms with E-state index >= 15 is 0 Å². The number of anilines is 1. The lowest BCUT2D eigenvalue weighted by Crippen LogP contribution is -2.41. The van der Waals surface area contributed by atoms with Gasteiger partial charge in [-0.3, -0.25) is 4.40 Å². The summed E-state index contributed by atoms with van der Waals surface area (Å²) in [6.45, 7) is 4.58. The number of hydrogen-bond acceptors (Lipinski definition) is 5. The molecule has 4 heterocycles. The predicted molar refractivity (Wildman–Crippen MR) is 95.4 cm³/mol. The fourth-order valence-electron chi connectivity index (χ4n) is 3.72. The number of nitrogens with zero attached hydrogens (tertiary/aromatic N) is 6. The maximum absolute atomic E-state index is 4.60. The van der Waals surface area contributed by atoms with Crippen molar-refractivity contribution in [2.24, 2.45) is 5.41 Å². The van der Waals surface area contributed by atoms with Crippen LogP contribution in [0.4, 0.5) is 5.95 Å². The average Bonchev–Trinajstić information content (AvgIpc) is 3.18.